The first kappa shape index (κ1) is 22.5. The van der Waals surface area contributed by atoms with E-state index in [1.165, 1.54) is 6.07 Å². The van der Waals surface area contributed by atoms with Gasteiger partial charge in [-0.2, -0.15) is 17.5 Å². The predicted octanol–water partition coefficient (Wildman–Crippen LogP) is 3.22. The summed E-state index contributed by atoms with van der Waals surface area (Å²) in [5.41, 5.74) is -0.227. The van der Waals surface area contributed by atoms with Gasteiger partial charge < -0.3 is 10.0 Å². The molecule has 1 aliphatic carbocycles. The summed E-state index contributed by atoms with van der Waals surface area (Å²) < 4.78 is 78.3. The third kappa shape index (κ3) is 3.43. The highest BCUT2D eigenvalue weighted by Crippen LogP contribution is 2.45. The number of fused-ring (bicyclic) bond motifs is 1. The molecule has 0 amide bonds. The number of sulfonamides is 1. The molecular formula is C21H20F4N2O4S. The van der Waals surface area contributed by atoms with Crippen LogP contribution in [0.25, 0.3) is 0 Å². The van der Waals surface area contributed by atoms with Gasteiger partial charge in [0.15, 0.2) is 0 Å². The molecule has 2 aromatic carbocycles. The lowest BCUT2D eigenvalue weighted by Gasteiger charge is -2.39. The van der Waals surface area contributed by atoms with E-state index in [0.29, 0.717) is 18.1 Å². The van der Waals surface area contributed by atoms with Gasteiger partial charge in [0.2, 0.25) is 14.8 Å². The minimum atomic E-state index is -4.81. The second-order valence-corrected chi connectivity index (χ2v) is 10.0. The molecule has 1 heterocycles. The van der Waals surface area contributed by atoms with E-state index in [1.54, 1.807) is 23.1 Å². The summed E-state index contributed by atoms with van der Waals surface area (Å²) in [4.78, 5) is 13.8. The maximum Gasteiger partial charge on any atom is 0.419 e. The molecule has 0 aromatic heterocycles. The molecule has 1 saturated heterocycles. The standard InChI is InChI=1S/C21H20F4N2O4S/c22-18-13-15(5-6-17(18)21(23,24)25)26-9-11-27(12-10-26)32(30,31)20(19(28)29)8-7-14-3-1-2-4-16(14)20/h1-6,13H,7-12H2,(H,28,29). The van der Waals surface area contributed by atoms with Crippen LogP contribution in [0.1, 0.15) is 23.1 Å². The zero-order valence-electron chi connectivity index (χ0n) is 16.8. The molecule has 1 N–H and O–H groups in total. The maximum atomic E-state index is 13.9. The number of aliphatic carboxylic acids is 1. The fourth-order valence-electron chi connectivity index (χ4n) is 4.52. The van der Waals surface area contributed by atoms with Crippen molar-refractivity contribution in [2.24, 2.45) is 0 Å². The van der Waals surface area contributed by atoms with Gasteiger partial charge in [0.05, 0.1) is 5.56 Å². The van der Waals surface area contributed by atoms with E-state index < -0.39 is 38.3 Å². The van der Waals surface area contributed by atoms with E-state index in [-0.39, 0.29) is 43.9 Å². The molecule has 1 fully saturated rings. The summed E-state index contributed by atoms with van der Waals surface area (Å²) in [7, 11) is -4.29. The van der Waals surface area contributed by atoms with E-state index in [4.69, 9.17) is 0 Å². The zero-order valence-corrected chi connectivity index (χ0v) is 17.6. The van der Waals surface area contributed by atoms with Gasteiger partial charge in [0, 0.05) is 31.9 Å². The van der Waals surface area contributed by atoms with Gasteiger partial charge in [-0.3, -0.25) is 4.79 Å². The number of rotatable bonds is 4. The van der Waals surface area contributed by atoms with Crippen LogP contribution in [0.15, 0.2) is 42.5 Å². The van der Waals surface area contributed by atoms with Crippen LogP contribution in [0.2, 0.25) is 0 Å². The lowest BCUT2D eigenvalue weighted by atomic mass is 10.0. The van der Waals surface area contributed by atoms with E-state index in [1.807, 2.05) is 0 Å². The van der Waals surface area contributed by atoms with Crippen molar-refractivity contribution in [3.8, 4) is 0 Å². The number of hydrogen-bond donors (Lipinski definition) is 1. The Morgan fingerprint density at radius 1 is 1.03 bits per heavy atom. The normalized spacial score (nSPS) is 22.1. The summed E-state index contributed by atoms with van der Waals surface area (Å²) in [6.07, 6.45) is -4.56. The molecule has 11 heteroatoms. The molecule has 2 aromatic rings. The van der Waals surface area contributed by atoms with Crippen molar-refractivity contribution >= 4 is 21.7 Å². The van der Waals surface area contributed by atoms with Gasteiger partial charge in [-0.25, -0.2) is 12.8 Å². The average molecular weight is 472 g/mol. The average Bonchev–Trinajstić information content (AvgIpc) is 3.14. The van der Waals surface area contributed by atoms with Crippen molar-refractivity contribution in [1.29, 1.82) is 0 Å². The minimum absolute atomic E-state index is 0.0673. The molecule has 1 aliphatic heterocycles. The molecule has 6 nitrogen and oxygen atoms in total. The Morgan fingerprint density at radius 3 is 2.28 bits per heavy atom. The number of benzene rings is 2. The molecule has 4 rings (SSSR count). The summed E-state index contributed by atoms with van der Waals surface area (Å²) in [5.74, 6) is -2.84. The van der Waals surface area contributed by atoms with Crippen LogP contribution >= 0.6 is 0 Å². The van der Waals surface area contributed by atoms with Crippen LogP contribution in [0.5, 0.6) is 0 Å². The van der Waals surface area contributed by atoms with Crippen LogP contribution in [0.3, 0.4) is 0 Å². The first-order chi connectivity index (χ1) is 15.0. The van der Waals surface area contributed by atoms with Crippen molar-refractivity contribution in [2.45, 2.75) is 23.8 Å². The third-order valence-corrected chi connectivity index (χ3v) is 8.71. The summed E-state index contributed by atoms with van der Waals surface area (Å²) in [6, 6.07) is 9.14. The zero-order chi connectivity index (χ0) is 23.3. The van der Waals surface area contributed by atoms with Gasteiger partial charge in [0.25, 0.3) is 0 Å². The number of piperazine rings is 1. The van der Waals surface area contributed by atoms with Crippen LogP contribution in [-0.2, 0) is 32.2 Å². The Bertz CT molecular complexity index is 1160. The van der Waals surface area contributed by atoms with Crippen molar-refractivity contribution < 1.29 is 35.9 Å². The first-order valence-electron chi connectivity index (χ1n) is 9.91. The van der Waals surface area contributed by atoms with E-state index in [9.17, 15) is 35.9 Å². The van der Waals surface area contributed by atoms with Gasteiger partial charge in [-0.05, 0) is 42.2 Å². The highest BCUT2D eigenvalue weighted by Gasteiger charge is 2.58. The van der Waals surface area contributed by atoms with E-state index in [2.05, 4.69) is 0 Å². The lowest BCUT2D eigenvalue weighted by Crippen LogP contribution is -2.56. The number of hydrogen-bond acceptors (Lipinski definition) is 4. The number of anilines is 1. The number of halogens is 4. The first-order valence-corrected chi connectivity index (χ1v) is 11.4. The lowest BCUT2D eigenvalue weighted by molar-refractivity contribution is -0.141. The van der Waals surface area contributed by atoms with E-state index >= 15 is 0 Å². The molecule has 0 spiro atoms. The molecule has 1 unspecified atom stereocenters. The Hall–Kier alpha value is -2.66. The van der Waals surface area contributed by atoms with Gasteiger partial charge >= 0.3 is 12.1 Å². The molecular weight excluding hydrogens is 452 g/mol. The number of alkyl halides is 3. The molecule has 0 radical (unpaired) electrons. The number of nitrogens with zero attached hydrogens (tertiary/aromatic N) is 2. The van der Waals surface area contributed by atoms with Crippen molar-refractivity contribution in [3.63, 3.8) is 0 Å². The highest BCUT2D eigenvalue weighted by atomic mass is 32.2. The Labute approximate surface area is 182 Å². The monoisotopic (exact) mass is 472 g/mol. The predicted molar refractivity (Wildman–Crippen MR) is 108 cm³/mol. The van der Waals surface area contributed by atoms with Crippen LogP contribution in [-0.4, -0.2) is 50.0 Å². The van der Waals surface area contributed by atoms with Crippen molar-refractivity contribution in [3.05, 3.63) is 65.0 Å². The maximum absolute atomic E-state index is 13.9. The largest absolute Gasteiger partial charge is 0.480 e. The third-order valence-electron chi connectivity index (χ3n) is 6.19. The van der Waals surface area contributed by atoms with Crippen molar-refractivity contribution in [1.82, 2.24) is 4.31 Å². The smallest absolute Gasteiger partial charge is 0.419 e. The number of carboxylic acid groups (broad SMARTS) is 1. The quantitative estimate of drug-likeness (QED) is 0.692. The fraction of sp³-hybridized carbons (Fsp3) is 0.381. The van der Waals surface area contributed by atoms with E-state index in [0.717, 1.165) is 16.4 Å². The minimum Gasteiger partial charge on any atom is -0.480 e. The van der Waals surface area contributed by atoms with Gasteiger partial charge in [-0.15, -0.1) is 0 Å². The van der Waals surface area contributed by atoms with Gasteiger partial charge in [0.1, 0.15) is 5.82 Å². The molecule has 32 heavy (non-hydrogen) atoms. The Kier molecular flexibility index (Phi) is 5.44. The molecule has 0 saturated carbocycles. The summed E-state index contributed by atoms with van der Waals surface area (Å²) >= 11 is 0. The highest BCUT2D eigenvalue weighted by molar-refractivity contribution is 7.90. The second kappa shape index (κ2) is 7.73. The fourth-order valence-corrected chi connectivity index (χ4v) is 6.66. The Balaban J connectivity index is 1.57. The Morgan fingerprint density at radius 2 is 1.69 bits per heavy atom. The molecule has 1 atom stereocenters. The van der Waals surface area contributed by atoms with Crippen LogP contribution in [0.4, 0.5) is 23.2 Å². The SMILES string of the molecule is O=C(O)C1(S(=O)(=O)N2CCN(c3ccc(C(F)(F)F)c(F)c3)CC2)CCc2ccccc21. The van der Waals surface area contributed by atoms with Gasteiger partial charge in [-0.1, -0.05) is 24.3 Å². The number of carbonyl (C=O) groups is 1. The van der Waals surface area contributed by atoms with Crippen LogP contribution in [0, 0.1) is 5.82 Å². The topological polar surface area (TPSA) is 77.9 Å². The van der Waals surface area contributed by atoms with Crippen molar-refractivity contribution in [2.75, 3.05) is 31.1 Å². The molecule has 2 aliphatic rings. The summed E-state index contributed by atoms with van der Waals surface area (Å²) in [5, 5.41) is 9.98. The second-order valence-electron chi connectivity index (χ2n) is 7.84. The van der Waals surface area contributed by atoms with Crippen LogP contribution < -0.4 is 4.90 Å². The number of carboxylic acids is 1. The number of aryl methyl sites for hydroxylation is 1. The summed E-state index contributed by atoms with van der Waals surface area (Å²) in [6.45, 7) is 0.0348. The molecule has 172 valence electrons. The molecule has 0 bridgehead atoms.